The molecule has 1 unspecified atom stereocenters. The molecule has 6 heteroatoms. The van der Waals surface area contributed by atoms with E-state index in [0.29, 0.717) is 16.8 Å². The van der Waals surface area contributed by atoms with E-state index in [1.54, 1.807) is 18.2 Å². The molecule has 0 radical (unpaired) electrons. The van der Waals surface area contributed by atoms with Crippen LogP contribution >= 0.6 is 0 Å². The van der Waals surface area contributed by atoms with E-state index < -0.39 is 9.84 Å². The first-order chi connectivity index (χ1) is 8.91. The third kappa shape index (κ3) is 3.26. The summed E-state index contributed by atoms with van der Waals surface area (Å²) in [4.78, 5) is 4.16. The number of nitrogens with two attached hydrogens (primary N) is 1. The summed E-state index contributed by atoms with van der Waals surface area (Å²) in [6.45, 7) is 3.89. The molecule has 104 valence electrons. The SMILES string of the molecule is CCC(C)CS(=O)(=O)Cc1nc2c(N)cccc2o1. The first kappa shape index (κ1) is 13.9. The van der Waals surface area contributed by atoms with Gasteiger partial charge in [0.2, 0.25) is 5.89 Å². The van der Waals surface area contributed by atoms with Gasteiger partial charge in [-0.25, -0.2) is 13.4 Å². The molecule has 2 rings (SSSR count). The van der Waals surface area contributed by atoms with Crippen molar-refractivity contribution in [3.8, 4) is 0 Å². The Morgan fingerprint density at radius 2 is 2.16 bits per heavy atom. The first-order valence-electron chi connectivity index (χ1n) is 6.25. The highest BCUT2D eigenvalue weighted by Crippen LogP contribution is 2.22. The molecule has 2 N–H and O–H groups in total. The summed E-state index contributed by atoms with van der Waals surface area (Å²) < 4.78 is 29.4. The van der Waals surface area contributed by atoms with Gasteiger partial charge < -0.3 is 10.2 Å². The molecule has 5 nitrogen and oxygen atoms in total. The Labute approximate surface area is 112 Å². The fourth-order valence-corrected chi connectivity index (χ4v) is 3.60. The van der Waals surface area contributed by atoms with Gasteiger partial charge in [-0.1, -0.05) is 26.3 Å². The number of para-hydroxylation sites is 1. The minimum Gasteiger partial charge on any atom is -0.439 e. The lowest BCUT2D eigenvalue weighted by Crippen LogP contribution is -2.15. The highest BCUT2D eigenvalue weighted by molar-refractivity contribution is 7.90. The van der Waals surface area contributed by atoms with Crippen molar-refractivity contribution in [2.75, 3.05) is 11.5 Å². The van der Waals surface area contributed by atoms with Gasteiger partial charge in [0.25, 0.3) is 0 Å². The second-order valence-electron chi connectivity index (χ2n) is 4.87. The van der Waals surface area contributed by atoms with E-state index in [9.17, 15) is 8.42 Å². The van der Waals surface area contributed by atoms with Crippen LogP contribution in [0.3, 0.4) is 0 Å². The molecule has 0 spiro atoms. The molecule has 0 bridgehead atoms. The average molecular weight is 282 g/mol. The molecule has 0 fully saturated rings. The molecule has 1 aromatic carbocycles. The molecule has 0 aliphatic rings. The van der Waals surface area contributed by atoms with Crippen molar-refractivity contribution in [2.24, 2.45) is 5.92 Å². The Hall–Kier alpha value is -1.56. The Bertz CT molecular complexity index is 676. The highest BCUT2D eigenvalue weighted by Gasteiger charge is 2.19. The van der Waals surface area contributed by atoms with Crippen LogP contribution in [-0.2, 0) is 15.6 Å². The van der Waals surface area contributed by atoms with Crippen molar-refractivity contribution < 1.29 is 12.8 Å². The second kappa shape index (κ2) is 5.21. The smallest absolute Gasteiger partial charge is 0.210 e. The van der Waals surface area contributed by atoms with Crippen LogP contribution in [0, 0.1) is 5.92 Å². The number of hydrogen-bond donors (Lipinski definition) is 1. The number of fused-ring (bicyclic) bond motifs is 1. The quantitative estimate of drug-likeness (QED) is 0.851. The number of nitrogens with zero attached hydrogens (tertiary/aromatic N) is 1. The number of rotatable bonds is 5. The average Bonchev–Trinajstić information content (AvgIpc) is 2.71. The third-order valence-electron chi connectivity index (χ3n) is 3.07. The molecule has 0 saturated heterocycles. The molecule has 2 aromatic rings. The fourth-order valence-electron chi connectivity index (χ4n) is 1.88. The van der Waals surface area contributed by atoms with E-state index in [4.69, 9.17) is 10.2 Å². The third-order valence-corrected chi connectivity index (χ3v) is 4.84. The first-order valence-corrected chi connectivity index (χ1v) is 8.07. The fraction of sp³-hybridized carbons (Fsp3) is 0.462. The van der Waals surface area contributed by atoms with Gasteiger partial charge in [-0.15, -0.1) is 0 Å². The molecule has 0 aliphatic heterocycles. The summed E-state index contributed by atoms with van der Waals surface area (Å²) in [7, 11) is -3.20. The van der Waals surface area contributed by atoms with Crippen molar-refractivity contribution in [1.82, 2.24) is 4.98 Å². The minimum absolute atomic E-state index is 0.138. The number of nitrogen functional groups attached to an aromatic ring is 1. The van der Waals surface area contributed by atoms with E-state index in [1.807, 2.05) is 13.8 Å². The van der Waals surface area contributed by atoms with Crippen molar-refractivity contribution >= 4 is 26.6 Å². The Morgan fingerprint density at radius 1 is 1.42 bits per heavy atom. The predicted molar refractivity (Wildman–Crippen MR) is 75.4 cm³/mol. The van der Waals surface area contributed by atoms with Crippen LogP contribution in [0.4, 0.5) is 5.69 Å². The summed E-state index contributed by atoms with van der Waals surface area (Å²) >= 11 is 0. The maximum absolute atomic E-state index is 12.0. The largest absolute Gasteiger partial charge is 0.439 e. The van der Waals surface area contributed by atoms with Crippen LogP contribution in [0.15, 0.2) is 22.6 Å². The number of benzene rings is 1. The van der Waals surface area contributed by atoms with E-state index >= 15 is 0 Å². The van der Waals surface area contributed by atoms with Crippen LogP contribution in [0.1, 0.15) is 26.2 Å². The predicted octanol–water partition coefficient (Wildman–Crippen LogP) is 2.37. The summed E-state index contributed by atoms with van der Waals surface area (Å²) in [5.41, 5.74) is 7.30. The molecule has 0 amide bonds. The zero-order valence-electron chi connectivity index (χ0n) is 11.1. The second-order valence-corrected chi connectivity index (χ2v) is 6.98. The van der Waals surface area contributed by atoms with Crippen molar-refractivity contribution in [3.63, 3.8) is 0 Å². The monoisotopic (exact) mass is 282 g/mol. The zero-order chi connectivity index (χ0) is 14.0. The van der Waals surface area contributed by atoms with E-state index in [2.05, 4.69) is 4.98 Å². The van der Waals surface area contributed by atoms with Gasteiger partial charge in [0.1, 0.15) is 11.3 Å². The van der Waals surface area contributed by atoms with Crippen LogP contribution in [0.5, 0.6) is 0 Å². The van der Waals surface area contributed by atoms with E-state index in [1.165, 1.54) is 0 Å². The highest BCUT2D eigenvalue weighted by atomic mass is 32.2. The van der Waals surface area contributed by atoms with Gasteiger partial charge in [0, 0.05) is 0 Å². The number of sulfone groups is 1. The summed E-state index contributed by atoms with van der Waals surface area (Å²) in [5.74, 6) is 0.319. The van der Waals surface area contributed by atoms with Gasteiger partial charge in [-0.05, 0) is 18.1 Å². The molecule has 0 aliphatic carbocycles. The van der Waals surface area contributed by atoms with Crippen LogP contribution in [0.25, 0.3) is 11.1 Å². The normalized spacial score (nSPS) is 13.8. The van der Waals surface area contributed by atoms with Crippen LogP contribution < -0.4 is 5.73 Å². The summed E-state index contributed by atoms with van der Waals surface area (Å²) in [6.07, 6.45) is 0.833. The molecule has 1 atom stereocenters. The molecular weight excluding hydrogens is 264 g/mol. The van der Waals surface area contributed by atoms with Gasteiger partial charge >= 0.3 is 0 Å². The maximum Gasteiger partial charge on any atom is 0.210 e. The molecule has 19 heavy (non-hydrogen) atoms. The minimum atomic E-state index is -3.20. The Morgan fingerprint density at radius 3 is 2.79 bits per heavy atom. The lowest BCUT2D eigenvalue weighted by atomic mass is 10.2. The van der Waals surface area contributed by atoms with Crippen LogP contribution in [0.2, 0.25) is 0 Å². The number of hydrogen-bond acceptors (Lipinski definition) is 5. The summed E-state index contributed by atoms with van der Waals surface area (Å²) in [6, 6.07) is 5.19. The van der Waals surface area contributed by atoms with Crippen LogP contribution in [-0.4, -0.2) is 19.2 Å². The van der Waals surface area contributed by atoms with Gasteiger partial charge in [0.05, 0.1) is 11.4 Å². The van der Waals surface area contributed by atoms with E-state index in [-0.39, 0.29) is 23.3 Å². The van der Waals surface area contributed by atoms with Crippen molar-refractivity contribution in [1.29, 1.82) is 0 Å². The molecule has 1 aromatic heterocycles. The van der Waals surface area contributed by atoms with Crippen molar-refractivity contribution in [3.05, 3.63) is 24.1 Å². The zero-order valence-corrected chi connectivity index (χ0v) is 11.9. The molecule has 1 heterocycles. The lowest BCUT2D eigenvalue weighted by Gasteiger charge is -2.07. The maximum atomic E-state index is 12.0. The summed E-state index contributed by atoms with van der Waals surface area (Å²) in [5, 5.41) is 0. The number of anilines is 1. The van der Waals surface area contributed by atoms with Gasteiger partial charge in [-0.3, -0.25) is 0 Å². The standard InChI is InChI=1S/C13H18N2O3S/c1-3-9(2)7-19(16,17)8-12-15-13-10(14)5-4-6-11(13)18-12/h4-6,9H,3,7-8,14H2,1-2H3. The Kier molecular flexibility index (Phi) is 3.80. The molecule has 0 saturated carbocycles. The van der Waals surface area contributed by atoms with Gasteiger partial charge in [0.15, 0.2) is 15.4 Å². The molecular formula is C13H18N2O3S. The van der Waals surface area contributed by atoms with Crippen molar-refractivity contribution in [2.45, 2.75) is 26.0 Å². The Balaban J connectivity index is 2.24. The number of oxazole rings is 1. The lowest BCUT2D eigenvalue weighted by molar-refractivity contribution is 0.531. The topological polar surface area (TPSA) is 86.2 Å². The van der Waals surface area contributed by atoms with Gasteiger partial charge in [-0.2, -0.15) is 0 Å². The van der Waals surface area contributed by atoms with E-state index in [0.717, 1.165) is 6.42 Å². The number of aromatic nitrogens is 1.